The van der Waals surface area contributed by atoms with Crippen LogP contribution in [0.25, 0.3) is 0 Å². The number of carbonyl (C=O) groups excluding carboxylic acids is 2. The number of allylic oxidation sites excluding steroid dienone is 3. The molecule has 1 heterocycles. The summed E-state index contributed by atoms with van der Waals surface area (Å²) >= 11 is 0. The smallest absolute Gasteiger partial charge is 0.250 e. The van der Waals surface area contributed by atoms with Gasteiger partial charge >= 0.3 is 0 Å². The van der Waals surface area contributed by atoms with E-state index in [1.165, 1.54) is 30.5 Å². The number of benzene rings is 1. The molecule has 12 nitrogen and oxygen atoms in total. The van der Waals surface area contributed by atoms with Crippen molar-refractivity contribution in [2.24, 2.45) is 10.2 Å². The van der Waals surface area contributed by atoms with Gasteiger partial charge < -0.3 is 10.2 Å². The Morgan fingerprint density at radius 2 is 1.80 bits per heavy atom. The van der Waals surface area contributed by atoms with Crippen LogP contribution in [0.3, 0.4) is 0 Å². The Labute approximate surface area is 170 Å². The number of rotatable bonds is 10. The maximum absolute atomic E-state index is 11.6. The zero-order valence-electron chi connectivity index (χ0n) is 15.4. The van der Waals surface area contributed by atoms with Crippen molar-refractivity contribution in [3.8, 4) is 11.5 Å². The summed E-state index contributed by atoms with van der Waals surface area (Å²) in [6, 6.07) is 5.30. The topological polar surface area (TPSA) is 181 Å². The van der Waals surface area contributed by atoms with Crippen LogP contribution in [0.4, 0.5) is 17.6 Å². The van der Waals surface area contributed by atoms with E-state index in [4.69, 9.17) is 5.21 Å². The lowest BCUT2D eigenvalue weighted by Gasteiger charge is -2.06. The molecule has 2 rings (SSSR count). The molecule has 0 amide bonds. The summed E-state index contributed by atoms with van der Waals surface area (Å²) in [5.74, 6) is -0.610. The fraction of sp³-hybridized carbons (Fsp3) is 0. The molecule has 12 heteroatoms. The number of phenols is 2. The van der Waals surface area contributed by atoms with E-state index >= 15 is 0 Å². The van der Waals surface area contributed by atoms with Crippen molar-refractivity contribution in [2.75, 3.05) is 16.3 Å². The third-order valence-electron chi connectivity index (χ3n) is 3.32. The zero-order chi connectivity index (χ0) is 21.9. The van der Waals surface area contributed by atoms with Crippen molar-refractivity contribution in [3.05, 3.63) is 54.1 Å². The Morgan fingerprint density at radius 3 is 2.43 bits per heavy atom. The molecule has 2 aromatic rings. The Morgan fingerprint density at radius 1 is 1.10 bits per heavy atom. The molecule has 0 fully saturated rings. The van der Waals surface area contributed by atoms with Gasteiger partial charge in [0.2, 0.25) is 0 Å². The van der Waals surface area contributed by atoms with Gasteiger partial charge in [-0.25, -0.2) is 5.48 Å². The average Bonchev–Trinajstić information content (AvgIpc) is 2.74. The summed E-state index contributed by atoms with van der Waals surface area (Å²) in [4.78, 5) is 30.0. The van der Waals surface area contributed by atoms with Crippen molar-refractivity contribution >= 4 is 42.1 Å². The van der Waals surface area contributed by atoms with Crippen molar-refractivity contribution in [1.29, 1.82) is 0 Å². The molecule has 0 aliphatic carbocycles. The third-order valence-corrected chi connectivity index (χ3v) is 3.32. The van der Waals surface area contributed by atoms with E-state index in [-0.39, 0.29) is 40.2 Å². The lowest BCUT2D eigenvalue weighted by molar-refractivity contribution is -0.111. The highest BCUT2D eigenvalue weighted by Crippen LogP contribution is 2.20. The third kappa shape index (κ3) is 6.24. The van der Waals surface area contributed by atoms with Crippen LogP contribution in [0.5, 0.6) is 11.5 Å². The van der Waals surface area contributed by atoms with Crippen molar-refractivity contribution in [1.82, 2.24) is 9.97 Å². The highest BCUT2D eigenvalue weighted by Gasteiger charge is 2.05. The quantitative estimate of drug-likeness (QED) is 0.110. The number of aromatic nitrogens is 2. The molecule has 0 atom stereocenters. The lowest BCUT2D eigenvalue weighted by Crippen LogP contribution is -2.05. The van der Waals surface area contributed by atoms with Gasteiger partial charge in [0.05, 0.1) is 12.4 Å². The van der Waals surface area contributed by atoms with E-state index in [0.717, 1.165) is 18.4 Å². The molecule has 0 aliphatic heterocycles. The van der Waals surface area contributed by atoms with Gasteiger partial charge in [0.25, 0.3) is 5.95 Å². The molecule has 0 radical (unpaired) electrons. The Balaban J connectivity index is 2.15. The number of aldehydes is 1. The number of anilines is 3. The molecule has 1 aromatic carbocycles. The number of hydrazone groups is 2. The largest absolute Gasteiger partial charge is 0.508 e. The summed E-state index contributed by atoms with van der Waals surface area (Å²) in [6.07, 6.45) is 4.83. The Bertz CT molecular complexity index is 1030. The Kier molecular flexibility index (Phi) is 7.73. The van der Waals surface area contributed by atoms with Gasteiger partial charge in [-0.15, -0.1) is 0 Å². The van der Waals surface area contributed by atoms with E-state index in [1.54, 1.807) is 5.48 Å². The highest BCUT2D eigenvalue weighted by atomic mass is 16.5. The minimum Gasteiger partial charge on any atom is -0.508 e. The maximum Gasteiger partial charge on any atom is 0.250 e. The van der Waals surface area contributed by atoms with Crippen molar-refractivity contribution in [2.45, 2.75) is 0 Å². The van der Waals surface area contributed by atoms with Crippen LogP contribution >= 0.6 is 0 Å². The predicted octanol–water partition coefficient (Wildman–Crippen LogP) is 1.41. The molecular weight excluding hydrogens is 394 g/mol. The fourth-order valence-corrected chi connectivity index (χ4v) is 1.97. The van der Waals surface area contributed by atoms with Crippen LogP contribution in [0.2, 0.25) is 0 Å². The second kappa shape index (κ2) is 10.7. The monoisotopic (exact) mass is 411 g/mol. The van der Waals surface area contributed by atoms with E-state index in [2.05, 4.69) is 37.6 Å². The summed E-state index contributed by atoms with van der Waals surface area (Å²) in [6.45, 7) is 3.33. The summed E-state index contributed by atoms with van der Waals surface area (Å²) in [7, 11) is 0. The van der Waals surface area contributed by atoms with E-state index in [0.29, 0.717) is 6.29 Å². The van der Waals surface area contributed by atoms with Gasteiger partial charge in [-0.1, -0.05) is 6.58 Å². The first-order valence-corrected chi connectivity index (χ1v) is 8.18. The standard InChI is InChI=1S/C18H17N7O5/c1-2-14(28)11(5-6-26)9-19-23-16-8-17(22-18(21-16)25-30)24-20-10-12-7-13(27)3-4-15(12)29/h2-10,27,29-30H,1H2,(H3,21,22,23,24,25)/b11-5?,19-9+,20-10+. The van der Waals surface area contributed by atoms with Gasteiger partial charge in [-0.3, -0.25) is 25.6 Å². The number of hydrogen-bond donors (Lipinski definition) is 6. The van der Waals surface area contributed by atoms with Crippen LogP contribution < -0.4 is 16.3 Å². The van der Waals surface area contributed by atoms with Crippen LogP contribution in [0.15, 0.2) is 58.8 Å². The maximum atomic E-state index is 11.6. The SMILES string of the molecule is C=CC(=O)C(=CC=O)/C=N/Nc1cc(N/N=C/c2cc(O)ccc2O)nc(NO)n1. The van der Waals surface area contributed by atoms with Gasteiger partial charge in [0.1, 0.15) is 17.8 Å². The first-order valence-electron chi connectivity index (χ1n) is 8.18. The normalized spacial score (nSPS) is 11.4. The van der Waals surface area contributed by atoms with Gasteiger partial charge in [0, 0.05) is 17.2 Å². The highest BCUT2D eigenvalue weighted by molar-refractivity contribution is 6.19. The number of hydrogen-bond acceptors (Lipinski definition) is 12. The number of ketones is 1. The number of carbonyl (C=O) groups is 2. The van der Waals surface area contributed by atoms with Crippen LogP contribution in [-0.2, 0) is 9.59 Å². The van der Waals surface area contributed by atoms with Crippen molar-refractivity contribution in [3.63, 3.8) is 0 Å². The minimum absolute atomic E-state index is 0.00377. The molecule has 154 valence electrons. The van der Waals surface area contributed by atoms with Gasteiger partial charge in [0.15, 0.2) is 17.4 Å². The fourth-order valence-electron chi connectivity index (χ4n) is 1.97. The molecule has 0 aliphatic rings. The predicted molar refractivity (Wildman–Crippen MR) is 110 cm³/mol. The van der Waals surface area contributed by atoms with Crippen LogP contribution in [0.1, 0.15) is 5.56 Å². The van der Waals surface area contributed by atoms with E-state index < -0.39 is 5.78 Å². The summed E-state index contributed by atoms with van der Waals surface area (Å²) in [5, 5.41) is 35.9. The molecule has 30 heavy (non-hydrogen) atoms. The van der Waals surface area contributed by atoms with E-state index in [9.17, 15) is 19.8 Å². The number of phenolic OH excluding ortho intramolecular Hbond substituents is 2. The second-order valence-corrected chi connectivity index (χ2v) is 5.38. The molecule has 0 spiro atoms. The first-order chi connectivity index (χ1) is 14.5. The first kappa shape index (κ1) is 21.7. The number of nitrogens with zero attached hydrogens (tertiary/aromatic N) is 4. The van der Waals surface area contributed by atoms with Gasteiger partial charge in [-0.05, 0) is 30.4 Å². The molecule has 6 N–H and O–H groups in total. The minimum atomic E-state index is -0.500. The Hall–Kier alpha value is -4.58. The lowest BCUT2D eigenvalue weighted by atomic mass is 10.2. The number of nitrogens with one attached hydrogen (secondary N) is 3. The molecule has 1 aromatic heterocycles. The average molecular weight is 411 g/mol. The molecule has 0 unspecified atom stereocenters. The zero-order valence-corrected chi connectivity index (χ0v) is 15.4. The number of aromatic hydroxyl groups is 2. The second-order valence-electron chi connectivity index (χ2n) is 5.38. The van der Waals surface area contributed by atoms with Crippen LogP contribution in [-0.4, -0.2) is 49.9 Å². The molecule has 0 saturated carbocycles. The van der Waals surface area contributed by atoms with Crippen molar-refractivity contribution < 1.29 is 25.0 Å². The van der Waals surface area contributed by atoms with Crippen LogP contribution in [0, 0.1) is 0 Å². The van der Waals surface area contributed by atoms with Gasteiger partial charge in [-0.2, -0.15) is 20.2 Å². The summed E-state index contributed by atoms with van der Waals surface area (Å²) in [5.41, 5.74) is 7.09. The molecule has 0 saturated heterocycles. The molecular formula is C18H17N7O5. The summed E-state index contributed by atoms with van der Waals surface area (Å²) < 4.78 is 0. The molecule has 0 bridgehead atoms. The van der Waals surface area contributed by atoms with E-state index in [1.807, 2.05) is 0 Å².